The van der Waals surface area contributed by atoms with Crippen LogP contribution in [0.5, 0.6) is 0 Å². The largest absolute Gasteiger partial charge is 0.0622 e. The predicted octanol–water partition coefficient (Wildman–Crippen LogP) is 4.35. The van der Waals surface area contributed by atoms with Crippen LogP contribution >= 0.6 is 15.9 Å². The van der Waals surface area contributed by atoms with Gasteiger partial charge in [-0.1, -0.05) is 58.4 Å². The van der Waals surface area contributed by atoms with E-state index in [1.54, 1.807) is 0 Å². The maximum Gasteiger partial charge on any atom is 0.0213 e. The SMILES string of the molecule is Cc1ccc(Cc2ccccc2)c(Br)c1. The molecule has 0 aliphatic heterocycles. The fourth-order valence-corrected chi connectivity index (χ4v) is 2.24. The Balaban J connectivity index is 2.25. The molecule has 2 aromatic carbocycles. The molecule has 0 aliphatic carbocycles. The molecule has 76 valence electrons. The molecule has 0 aromatic heterocycles. The Labute approximate surface area is 99.1 Å². The maximum absolute atomic E-state index is 3.60. The zero-order valence-electron chi connectivity index (χ0n) is 8.70. The molecule has 0 fully saturated rings. The normalized spacial score (nSPS) is 10.3. The Morgan fingerprint density at radius 3 is 2.40 bits per heavy atom. The van der Waals surface area contributed by atoms with Crippen molar-refractivity contribution < 1.29 is 0 Å². The van der Waals surface area contributed by atoms with Gasteiger partial charge in [-0.3, -0.25) is 0 Å². The van der Waals surface area contributed by atoms with E-state index < -0.39 is 0 Å². The maximum atomic E-state index is 3.60. The molecule has 0 saturated heterocycles. The third-order valence-electron chi connectivity index (χ3n) is 2.45. The van der Waals surface area contributed by atoms with Crippen molar-refractivity contribution in [2.24, 2.45) is 0 Å². The van der Waals surface area contributed by atoms with Crippen LogP contribution < -0.4 is 0 Å². The van der Waals surface area contributed by atoms with E-state index in [1.807, 2.05) is 6.07 Å². The molecule has 0 spiro atoms. The second-order valence-electron chi connectivity index (χ2n) is 3.76. The van der Waals surface area contributed by atoms with Crippen LogP contribution in [0.3, 0.4) is 0 Å². The molecular weight excluding hydrogens is 248 g/mol. The number of rotatable bonds is 2. The molecule has 0 N–H and O–H groups in total. The zero-order valence-corrected chi connectivity index (χ0v) is 10.3. The molecular formula is C14H13Br. The lowest BCUT2D eigenvalue weighted by Gasteiger charge is -2.05. The molecule has 0 aliphatic rings. The van der Waals surface area contributed by atoms with E-state index in [0.717, 1.165) is 6.42 Å². The molecule has 0 nitrogen and oxygen atoms in total. The third-order valence-corrected chi connectivity index (χ3v) is 3.18. The van der Waals surface area contributed by atoms with Gasteiger partial charge in [0.1, 0.15) is 0 Å². The van der Waals surface area contributed by atoms with Gasteiger partial charge < -0.3 is 0 Å². The lowest BCUT2D eigenvalue weighted by molar-refractivity contribution is 1.17. The number of hydrogen-bond acceptors (Lipinski definition) is 0. The van der Waals surface area contributed by atoms with Gasteiger partial charge in [0.05, 0.1) is 0 Å². The summed E-state index contributed by atoms with van der Waals surface area (Å²) in [4.78, 5) is 0. The molecule has 15 heavy (non-hydrogen) atoms. The van der Waals surface area contributed by atoms with E-state index in [2.05, 4.69) is 65.3 Å². The smallest absolute Gasteiger partial charge is 0.0213 e. The lowest BCUT2D eigenvalue weighted by Crippen LogP contribution is -1.89. The van der Waals surface area contributed by atoms with Crippen molar-refractivity contribution in [3.63, 3.8) is 0 Å². The van der Waals surface area contributed by atoms with Crippen LogP contribution in [0.2, 0.25) is 0 Å². The van der Waals surface area contributed by atoms with E-state index in [4.69, 9.17) is 0 Å². The summed E-state index contributed by atoms with van der Waals surface area (Å²) < 4.78 is 1.20. The van der Waals surface area contributed by atoms with Crippen molar-refractivity contribution in [1.29, 1.82) is 0 Å². The van der Waals surface area contributed by atoms with E-state index >= 15 is 0 Å². The molecule has 0 heterocycles. The van der Waals surface area contributed by atoms with Gasteiger partial charge >= 0.3 is 0 Å². The molecule has 0 atom stereocenters. The molecule has 0 amide bonds. The van der Waals surface area contributed by atoms with Crippen molar-refractivity contribution in [3.8, 4) is 0 Å². The molecule has 2 aromatic rings. The second-order valence-corrected chi connectivity index (χ2v) is 4.61. The van der Waals surface area contributed by atoms with Crippen LogP contribution in [0.4, 0.5) is 0 Å². The van der Waals surface area contributed by atoms with Gasteiger partial charge in [0.15, 0.2) is 0 Å². The second kappa shape index (κ2) is 4.63. The van der Waals surface area contributed by atoms with Crippen LogP contribution in [0, 0.1) is 6.92 Å². The Hall–Kier alpha value is -1.08. The minimum Gasteiger partial charge on any atom is -0.0622 e. The molecule has 2 rings (SSSR count). The first kappa shape index (κ1) is 10.4. The van der Waals surface area contributed by atoms with Gasteiger partial charge in [0, 0.05) is 4.47 Å². The van der Waals surface area contributed by atoms with E-state index in [9.17, 15) is 0 Å². The highest BCUT2D eigenvalue weighted by atomic mass is 79.9. The topological polar surface area (TPSA) is 0 Å². The minimum absolute atomic E-state index is 0.988. The zero-order chi connectivity index (χ0) is 10.7. The molecule has 0 radical (unpaired) electrons. The lowest BCUT2D eigenvalue weighted by atomic mass is 10.0. The Morgan fingerprint density at radius 2 is 1.73 bits per heavy atom. The Morgan fingerprint density at radius 1 is 1.00 bits per heavy atom. The summed E-state index contributed by atoms with van der Waals surface area (Å²) in [5.74, 6) is 0. The number of benzene rings is 2. The fourth-order valence-electron chi connectivity index (χ4n) is 1.61. The first-order valence-corrected chi connectivity index (χ1v) is 5.84. The number of aryl methyl sites for hydroxylation is 1. The Bertz CT molecular complexity index is 446. The van der Waals surface area contributed by atoms with Crippen molar-refractivity contribution in [2.75, 3.05) is 0 Å². The highest BCUT2D eigenvalue weighted by molar-refractivity contribution is 9.10. The summed E-state index contributed by atoms with van der Waals surface area (Å²) >= 11 is 3.60. The highest BCUT2D eigenvalue weighted by Gasteiger charge is 2.00. The van der Waals surface area contributed by atoms with Gasteiger partial charge in [-0.05, 0) is 36.1 Å². The van der Waals surface area contributed by atoms with Gasteiger partial charge in [0.2, 0.25) is 0 Å². The minimum atomic E-state index is 0.988. The highest BCUT2D eigenvalue weighted by Crippen LogP contribution is 2.21. The van der Waals surface area contributed by atoms with Crippen molar-refractivity contribution in [2.45, 2.75) is 13.3 Å². The van der Waals surface area contributed by atoms with Gasteiger partial charge in [-0.2, -0.15) is 0 Å². The summed E-state index contributed by atoms with van der Waals surface area (Å²) in [6, 6.07) is 17.0. The van der Waals surface area contributed by atoms with Crippen LogP contribution in [0.1, 0.15) is 16.7 Å². The number of halogens is 1. The van der Waals surface area contributed by atoms with Crippen LogP contribution in [0.25, 0.3) is 0 Å². The molecule has 0 saturated carbocycles. The van der Waals surface area contributed by atoms with Crippen molar-refractivity contribution in [1.82, 2.24) is 0 Å². The van der Waals surface area contributed by atoms with E-state index in [-0.39, 0.29) is 0 Å². The fraction of sp³-hybridized carbons (Fsp3) is 0.143. The van der Waals surface area contributed by atoms with Crippen LogP contribution in [-0.4, -0.2) is 0 Å². The number of hydrogen-bond donors (Lipinski definition) is 0. The first-order chi connectivity index (χ1) is 7.25. The van der Waals surface area contributed by atoms with Crippen LogP contribution in [-0.2, 0) is 6.42 Å². The quantitative estimate of drug-likeness (QED) is 0.754. The van der Waals surface area contributed by atoms with Gasteiger partial charge in [0.25, 0.3) is 0 Å². The summed E-state index contributed by atoms with van der Waals surface area (Å²) in [5, 5.41) is 0. The van der Waals surface area contributed by atoms with Crippen molar-refractivity contribution >= 4 is 15.9 Å². The first-order valence-electron chi connectivity index (χ1n) is 5.04. The standard InChI is InChI=1S/C14H13Br/c1-11-7-8-13(14(15)9-11)10-12-5-3-2-4-6-12/h2-9H,10H2,1H3. The Kier molecular flexibility index (Phi) is 3.22. The average Bonchev–Trinajstić information content (AvgIpc) is 2.24. The summed E-state index contributed by atoms with van der Waals surface area (Å²) in [6.07, 6.45) is 0.988. The summed E-state index contributed by atoms with van der Waals surface area (Å²) in [5.41, 5.74) is 3.98. The van der Waals surface area contributed by atoms with E-state index in [0.29, 0.717) is 0 Å². The van der Waals surface area contributed by atoms with Gasteiger partial charge in [-0.25, -0.2) is 0 Å². The molecule has 0 unspecified atom stereocenters. The summed E-state index contributed by atoms with van der Waals surface area (Å²) in [6.45, 7) is 2.11. The monoisotopic (exact) mass is 260 g/mol. The van der Waals surface area contributed by atoms with Crippen molar-refractivity contribution in [3.05, 3.63) is 69.7 Å². The predicted molar refractivity (Wildman–Crippen MR) is 68.1 cm³/mol. The molecule has 1 heteroatoms. The van der Waals surface area contributed by atoms with Crippen LogP contribution in [0.15, 0.2) is 53.0 Å². The average molecular weight is 261 g/mol. The molecule has 0 bridgehead atoms. The van der Waals surface area contributed by atoms with E-state index in [1.165, 1.54) is 21.2 Å². The van der Waals surface area contributed by atoms with Gasteiger partial charge in [-0.15, -0.1) is 0 Å². The third kappa shape index (κ3) is 2.69. The summed E-state index contributed by atoms with van der Waals surface area (Å²) in [7, 11) is 0.